The van der Waals surface area contributed by atoms with Crippen LogP contribution >= 0.6 is 11.3 Å². The lowest BCUT2D eigenvalue weighted by molar-refractivity contribution is 0.0527. The molecule has 0 aliphatic heterocycles. The van der Waals surface area contributed by atoms with Gasteiger partial charge in [-0.2, -0.15) is 0 Å². The van der Waals surface area contributed by atoms with E-state index in [2.05, 4.69) is 0 Å². The smallest absolute Gasteiger partial charge is 0.341 e. The molecule has 1 aliphatic carbocycles. The fourth-order valence-electron chi connectivity index (χ4n) is 2.54. The molecule has 0 spiro atoms. The Bertz CT molecular complexity index is 426. The van der Waals surface area contributed by atoms with Crippen molar-refractivity contribution in [1.82, 2.24) is 0 Å². The first-order chi connectivity index (χ1) is 8.74. The maximum Gasteiger partial charge on any atom is 0.341 e. The van der Waals surface area contributed by atoms with Crippen LogP contribution in [0.25, 0.3) is 0 Å². The minimum absolute atomic E-state index is 0.244. The Hall–Kier alpha value is -1.03. The fraction of sp³-hybridized carbons (Fsp3) is 0.643. The average Bonchev–Trinajstić information content (AvgIpc) is 2.68. The molecule has 0 unspecified atom stereocenters. The lowest BCUT2D eigenvalue weighted by Crippen LogP contribution is -2.09. The lowest BCUT2D eigenvalue weighted by Gasteiger charge is -2.06. The molecule has 4 heteroatoms. The molecular weight excluding hydrogens is 246 g/mol. The molecule has 3 nitrogen and oxygen atoms in total. The van der Waals surface area contributed by atoms with Crippen LogP contribution in [0.3, 0.4) is 0 Å². The third kappa shape index (κ3) is 2.86. The SMILES string of the molecule is CCOC(=O)c1c(N)sc2c1CCCCCCC2. The number of hydrogen-bond donors (Lipinski definition) is 1. The second-order valence-electron chi connectivity index (χ2n) is 4.73. The van der Waals surface area contributed by atoms with E-state index >= 15 is 0 Å². The van der Waals surface area contributed by atoms with Crippen LogP contribution in [0.2, 0.25) is 0 Å². The maximum atomic E-state index is 12.0. The minimum Gasteiger partial charge on any atom is -0.462 e. The van der Waals surface area contributed by atoms with Crippen molar-refractivity contribution in [2.75, 3.05) is 12.3 Å². The molecule has 0 atom stereocenters. The molecule has 1 aromatic heterocycles. The van der Waals surface area contributed by atoms with Crippen LogP contribution in [0.15, 0.2) is 0 Å². The highest BCUT2D eigenvalue weighted by atomic mass is 32.1. The summed E-state index contributed by atoms with van der Waals surface area (Å²) in [4.78, 5) is 13.3. The molecular formula is C14H21NO2S. The Labute approximate surface area is 112 Å². The zero-order valence-electron chi connectivity index (χ0n) is 11.0. The third-order valence-electron chi connectivity index (χ3n) is 3.43. The highest BCUT2D eigenvalue weighted by Gasteiger charge is 2.23. The quantitative estimate of drug-likeness (QED) is 0.834. The van der Waals surface area contributed by atoms with Crippen molar-refractivity contribution in [3.8, 4) is 0 Å². The van der Waals surface area contributed by atoms with Gasteiger partial charge in [-0.05, 0) is 38.2 Å². The van der Waals surface area contributed by atoms with Crippen molar-refractivity contribution in [3.05, 3.63) is 16.0 Å². The number of nitrogen functional groups attached to an aromatic ring is 1. The summed E-state index contributed by atoms with van der Waals surface area (Å²) in [6.45, 7) is 2.23. The number of carbonyl (C=O) groups is 1. The Kier molecular flexibility index (Phi) is 4.64. The van der Waals surface area contributed by atoms with Crippen molar-refractivity contribution in [1.29, 1.82) is 0 Å². The number of ether oxygens (including phenoxy) is 1. The van der Waals surface area contributed by atoms with E-state index in [1.165, 1.54) is 30.6 Å². The summed E-state index contributed by atoms with van der Waals surface area (Å²) < 4.78 is 5.12. The van der Waals surface area contributed by atoms with Crippen LogP contribution in [-0.2, 0) is 17.6 Å². The molecule has 0 saturated heterocycles. The number of esters is 1. The number of hydrogen-bond acceptors (Lipinski definition) is 4. The minimum atomic E-state index is -0.244. The van der Waals surface area contributed by atoms with Gasteiger partial charge in [0.25, 0.3) is 0 Å². The van der Waals surface area contributed by atoms with Crippen molar-refractivity contribution in [3.63, 3.8) is 0 Å². The number of thiophene rings is 1. The summed E-state index contributed by atoms with van der Waals surface area (Å²) in [6, 6.07) is 0. The van der Waals surface area contributed by atoms with E-state index in [0.29, 0.717) is 17.2 Å². The first-order valence-corrected chi connectivity index (χ1v) is 7.62. The van der Waals surface area contributed by atoms with E-state index in [4.69, 9.17) is 10.5 Å². The van der Waals surface area contributed by atoms with Gasteiger partial charge in [0.1, 0.15) is 5.00 Å². The average molecular weight is 267 g/mol. The summed E-state index contributed by atoms with van der Waals surface area (Å²) in [5, 5.41) is 0.638. The van der Waals surface area contributed by atoms with Crippen LogP contribution in [0.5, 0.6) is 0 Å². The van der Waals surface area contributed by atoms with Gasteiger partial charge < -0.3 is 10.5 Å². The van der Waals surface area contributed by atoms with Gasteiger partial charge in [-0.3, -0.25) is 0 Å². The lowest BCUT2D eigenvalue weighted by atomic mass is 10.0. The van der Waals surface area contributed by atoms with Gasteiger partial charge >= 0.3 is 5.97 Å². The summed E-state index contributed by atoms with van der Waals surface area (Å²) in [5.41, 5.74) is 7.83. The van der Waals surface area contributed by atoms with Gasteiger partial charge in [-0.1, -0.05) is 19.3 Å². The predicted octanol–water partition coefficient (Wildman–Crippen LogP) is 3.56. The number of carbonyl (C=O) groups excluding carboxylic acids is 1. The monoisotopic (exact) mass is 267 g/mol. The standard InChI is InChI=1S/C14H21NO2S/c1-2-17-14(16)12-10-8-6-4-3-5-7-9-11(10)18-13(12)15/h2-9,15H2,1H3. The van der Waals surface area contributed by atoms with Crippen molar-refractivity contribution in [2.45, 2.75) is 51.9 Å². The first-order valence-electron chi connectivity index (χ1n) is 6.81. The summed E-state index contributed by atoms with van der Waals surface area (Å²) in [6.07, 6.45) is 8.22. The van der Waals surface area contributed by atoms with Crippen LogP contribution < -0.4 is 5.73 Å². The van der Waals surface area contributed by atoms with Crippen LogP contribution in [0.4, 0.5) is 5.00 Å². The number of nitrogens with two attached hydrogens (primary N) is 1. The normalized spacial score (nSPS) is 16.3. The third-order valence-corrected chi connectivity index (χ3v) is 4.55. The molecule has 100 valence electrons. The second kappa shape index (κ2) is 6.23. The molecule has 0 bridgehead atoms. The zero-order valence-corrected chi connectivity index (χ0v) is 11.8. The Morgan fingerprint density at radius 1 is 1.22 bits per heavy atom. The summed E-state index contributed by atoms with van der Waals surface area (Å²) >= 11 is 1.58. The van der Waals surface area contributed by atoms with E-state index in [-0.39, 0.29) is 5.97 Å². The second-order valence-corrected chi connectivity index (χ2v) is 5.87. The van der Waals surface area contributed by atoms with Gasteiger partial charge in [0.15, 0.2) is 0 Å². The highest BCUT2D eigenvalue weighted by Crippen LogP contribution is 2.35. The van der Waals surface area contributed by atoms with E-state index in [9.17, 15) is 4.79 Å². The van der Waals surface area contributed by atoms with Gasteiger partial charge in [0.05, 0.1) is 12.2 Å². The Morgan fingerprint density at radius 2 is 1.89 bits per heavy atom. The maximum absolute atomic E-state index is 12.0. The van der Waals surface area contributed by atoms with E-state index in [1.807, 2.05) is 6.92 Å². The van der Waals surface area contributed by atoms with Gasteiger partial charge in [-0.25, -0.2) is 4.79 Å². The van der Waals surface area contributed by atoms with Crippen molar-refractivity contribution >= 4 is 22.3 Å². The van der Waals surface area contributed by atoms with Gasteiger partial charge in [-0.15, -0.1) is 11.3 Å². The van der Waals surface area contributed by atoms with E-state index < -0.39 is 0 Å². The predicted molar refractivity (Wildman–Crippen MR) is 75.2 cm³/mol. The number of anilines is 1. The van der Waals surface area contributed by atoms with Crippen LogP contribution in [0.1, 0.15) is 59.8 Å². The number of rotatable bonds is 2. The van der Waals surface area contributed by atoms with Crippen LogP contribution in [-0.4, -0.2) is 12.6 Å². The molecule has 1 heterocycles. The molecule has 0 radical (unpaired) electrons. The number of fused-ring (bicyclic) bond motifs is 1. The fourth-order valence-corrected chi connectivity index (χ4v) is 3.69. The van der Waals surface area contributed by atoms with E-state index in [0.717, 1.165) is 24.8 Å². The number of aryl methyl sites for hydroxylation is 1. The van der Waals surface area contributed by atoms with Crippen LogP contribution in [0, 0.1) is 0 Å². The molecule has 0 saturated carbocycles. The Morgan fingerprint density at radius 3 is 2.61 bits per heavy atom. The molecule has 18 heavy (non-hydrogen) atoms. The van der Waals surface area contributed by atoms with Gasteiger partial charge in [0, 0.05) is 4.88 Å². The largest absolute Gasteiger partial charge is 0.462 e. The zero-order chi connectivity index (χ0) is 13.0. The summed E-state index contributed by atoms with van der Waals surface area (Å²) in [5.74, 6) is -0.244. The Balaban J connectivity index is 2.31. The highest BCUT2D eigenvalue weighted by molar-refractivity contribution is 7.16. The molecule has 2 rings (SSSR count). The molecule has 1 aliphatic rings. The molecule has 0 fully saturated rings. The van der Waals surface area contributed by atoms with Crippen molar-refractivity contribution < 1.29 is 9.53 Å². The van der Waals surface area contributed by atoms with E-state index in [1.54, 1.807) is 11.3 Å². The molecule has 2 N–H and O–H groups in total. The van der Waals surface area contributed by atoms with Gasteiger partial charge in [0.2, 0.25) is 0 Å². The van der Waals surface area contributed by atoms with Crippen molar-refractivity contribution in [2.24, 2.45) is 0 Å². The summed E-state index contributed by atoms with van der Waals surface area (Å²) in [7, 11) is 0. The molecule has 0 amide bonds. The molecule has 1 aromatic rings. The first kappa shape index (κ1) is 13.4. The topological polar surface area (TPSA) is 52.3 Å². The molecule has 0 aromatic carbocycles.